The molecule has 0 saturated carbocycles. The Labute approximate surface area is 106 Å². The quantitative estimate of drug-likeness (QED) is 0.881. The van der Waals surface area contributed by atoms with E-state index in [0.717, 1.165) is 40.9 Å². The highest BCUT2D eigenvalue weighted by molar-refractivity contribution is 7.99. The van der Waals surface area contributed by atoms with Crippen molar-refractivity contribution in [1.82, 2.24) is 0 Å². The second-order valence-corrected chi connectivity index (χ2v) is 5.62. The number of aliphatic hydroxyl groups excluding tert-OH is 1. The maximum atomic E-state index is 9.47. The van der Waals surface area contributed by atoms with Crippen molar-refractivity contribution in [3.05, 3.63) is 28.8 Å². The lowest BCUT2D eigenvalue weighted by Crippen LogP contribution is -2.32. The van der Waals surface area contributed by atoms with Gasteiger partial charge in [-0.15, -0.1) is 0 Å². The molecule has 1 heterocycles. The molecular weight excluding hydrogens is 242 g/mol. The minimum Gasteiger partial charge on any atom is -0.389 e. The van der Waals surface area contributed by atoms with Gasteiger partial charge in [0, 0.05) is 24.6 Å². The maximum absolute atomic E-state index is 9.47. The van der Waals surface area contributed by atoms with Gasteiger partial charge >= 0.3 is 0 Å². The Morgan fingerprint density at radius 1 is 1.38 bits per heavy atom. The van der Waals surface area contributed by atoms with Gasteiger partial charge < -0.3 is 10.0 Å². The molecule has 2 rings (SSSR count). The number of halogens is 1. The number of benzene rings is 1. The van der Waals surface area contributed by atoms with Crippen molar-refractivity contribution in [2.75, 3.05) is 29.5 Å². The molecule has 0 amide bonds. The van der Waals surface area contributed by atoms with Crippen LogP contribution in [0.2, 0.25) is 5.02 Å². The SMILES string of the molecule is CC(O)c1ccc(N2CCSCC2)c(Cl)c1. The summed E-state index contributed by atoms with van der Waals surface area (Å²) in [5.41, 5.74) is 1.96. The molecule has 0 aliphatic carbocycles. The summed E-state index contributed by atoms with van der Waals surface area (Å²) < 4.78 is 0. The summed E-state index contributed by atoms with van der Waals surface area (Å²) in [4.78, 5) is 2.31. The van der Waals surface area contributed by atoms with Gasteiger partial charge in [-0.3, -0.25) is 0 Å². The Balaban J connectivity index is 2.21. The lowest BCUT2D eigenvalue weighted by Gasteiger charge is -2.29. The third kappa shape index (κ3) is 2.65. The first-order valence-corrected chi connectivity index (χ1v) is 7.02. The van der Waals surface area contributed by atoms with E-state index in [9.17, 15) is 5.11 Å². The zero-order valence-corrected chi connectivity index (χ0v) is 10.9. The lowest BCUT2D eigenvalue weighted by atomic mass is 10.1. The topological polar surface area (TPSA) is 23.5 Å². The Bertz CT molecular complexity index is 364. The van der Waals surface area contributed by atoms with E-state index in [1.54, 1.807) is 6.92 Å². The zero-order chi connectivity index (χ0) is 11.5. The average molecular weight is 258 g/mol. The highest BCUT2D eigenvalue weighted by Crippen LogP contribution is 2.30. The number of hydrogen-bond donors (Lipinski definition) is 1. The van der Waals surface area contributed by atoms with Crippen molar-refractivity contribution in [3.63, 3.8) is 0 Å². The second kappa shape index (κ2) is 5.30. The molecule has 0 radical (unpaired) electrons. The molecular formula is C12H16ClNOS. The monoisotopic (exact) mass is 257 g/mol. The normalized spacial score (nSPS) is 18.6. The van der Waals surface area contributed by atoms with E-state index in [0.29, 0.717) is 0 Å². The summed E-state index contributed by atoms with van der Waals surface area (Å²) in [5.74, 6) is 2.32. The van der Waals surface area contributed by atoms with Crippen LogP contribution in [-0.2, 0) is 0 Å². The van der Waals surface area contributed by atoms with E-state index in [4.69, 9.17) is 11.6 Å². The van der Waals surface area contributed by atoms with Gasteiger partial charge in [0.1, 0.15) is 0 Å². The van der Waals surface area contributed by atoms with Gasteiger partial charge in [-0.1, -0.05) is 17.7 Å². The zero-order valence-electron chi connectivity index (χ0n) is 9.32. The predicted octanol–water partition coefficient (Wildman–Crippen LogP) is 2.95. The fourth-order valence-corrected chi connectivity index (χ4v) is 3.06. The van der Waals surface area contributed by atoms with Crippen LogP contribution in [0.5, 0.6) is 0 Å². The summed E-state index contributed by atoms with van der Waals surface area (Å²) in [6.45, 7) is 3.86. The van der Waals surface area contributed by atoms with Gasteiger partial charge in [-0.2, -0.15) is 11.8 Å². The number of anilines is 1. The number of nitrogens with zero attached hydrogens (tertiary/aromatic N) is 1. The van der Waals surface area contributed by atoms with Crippen LogP contribution in [0.15, 0.2) is 18.2 Å². The van der Waals surface area contributed by atoms with Gasteiger partial charge in [0.05, 0.1) is 16.8 Å². The van der Waals surface area contributed by atoms with Gasteiger partial charge in [-0.05, 0) is 24.6 Å². The van der Waals surface area contributed by atoms with Crippen LogP contribution in [0.25, 0.3) is 0 Å². The molecule has 1 aromatic carbocycles. The van der Waals surface area contributed by atoms with E-state index < -0.39 is 6.10 Å². The van der Waals surface area contributed by atoms with Gasteiger partial charge in [0.25, 0.3) is 0 Å². The van der Waals surface area contributed by atoms with Crippen LogP contribution in [0.4, 0.5) is 5.69 Å². The van der Waals surface area contributed by atoms with Crippen molar-refractivity contribution in [2.45, 2.75) is 13.0 Å². The standard InChI is InChI=1S/C12H16ClNOS/c1-9(15)10-2-3-12(11(13)8-10)14-4-6-16-7-5-14/h2-3,8-9,15H,4-7H2,1H3. The number of hydrogen-bond acceptors (Lipinski definition) is 3. The third-order valence-electron chi connectivity index (χ3n) is 2.81. The number of rotatable bonds is 2. The Hall–Kier alpha value is -0.380. The Morgan fingerprint density at radius 3 is 2.62 bits per heavy atom. The van der Waals surface area contributed by atoms with Gasteiger partial charge in [0.2, 0.25) is 0 Å². The molecule has 1 unspecified atom stereocenters. The van der Waals surface area contributed by atoms with E-state index in [2.05, 4.69) is 4.90 Å². The first-order valence-electron chi connectivity index (χ1n) is 5.48. The average Bonchev–Trinajstić information content (AvgIpc) is 2.30. The molecule has 0 aromatic heterocycles. The summed E-state index contributed by atoms with van der Waals surface area (Å²) in [6, 6.07) is 5.83. The van der Waals surface area contributed by atoms with E-state index in [-0.39, 0.29) is 0 Å². The van der Waals surface area contributed by atoms with E-state index in [1.165, 1.54) is 0 Å². The molecule has 0 bridgehead atoms. The number of aliphatic hydroxyl groups is 1. The molecule has 1 aliphatic heterocycles. The van der Waals surface area contributed by atoms with E-state index >= 15 is 0 Å². The van der Waals surface area contributed by atoms with Crippen LogP contribution in [0.3, 0.4) is 0 Å². The fourth-order valence-electron chi connectivity index (χ4n) is 1.84. The van der Waals surface area contributed by atoms with Crippen molar-refractivity contribution in [3.8, 4) is 0 Å². The molecule has 1 fully saturated rings. The van der Waals surface area contributed by atoms with Crippen molar-refractivity contribution >= 4 is 29.1 Å². The van der Waals surface area contributed by atoms with Crippen LogP contribution < -0.4 is 4.90 Å². The predicted molar refractivity (Wildman–Crippen MR) is 71.6 cm³/mol. The van der Waals surface area contributed by atoms with Crippen LogP contribution in [0.1, 0.15) is 18.6 Å². The Kier molecular flexibility index (Phi) is 4.00. The molecule has 1 atom stereocenters. The largest absolute Gasteiger partial charge is 0.389 e. The second-order valence-electron chi connectivity index (χ2n) is 3.99. The van der Waals surface area contributed by atoms with Crippen molar-refractivity contribution in [2.24, 2.45) is 0 Å². The first-order chi connectivity index (χ1) is 7.68. The Morgan fingerprint density at radius 2 is 2.06 bits per heavy atom. The first kappa shape index (κ1) is 12.1. The van der Waals surface area contributed by atoms with E-state index in [1.807, 2.05) is 30.0 Å². The summed E-state index contributed by atoms with van der Waals surface area (Å²) in [5, 5.41) is 10.2. The van der Waals surface area contributed by atoms with Crippen molar-refractivity contribution < 1.29 is 5.11 Å². The minimum absolute atomic E-state index is 0.455. The highest BCUT2D eigenvalue weighted by Gasteiger charge is 2.14. The lowest BCUT2D eigenvalue weighted by molar-refractivity contribution is 0.199. The third-order valence-corrected chi connectivity index (χ3v) is 4.05. The summed E-state index contributed by atoms with van der Waals surface area (Å²) >= 11 is 8.23. The van der Waals surface area contributed by atoms with Gasteiger partial charge in [0.15, 0.2) is 0 Å². The molecule has 2 nitrogen and oxygen atoms in total. The van der Waals surface area contributed by atoms with Crippen molar-refractivity contribution in [1.29, 1.82) is 0 Å². The molecule has 1 N–H and O–H groups in total. The molecule has 1 saturated heterocycles. The summed E-state index contributed by atoms with van der Waals surface area (Å²) in [6.07, 6.45) is -0.455. The molecule has 1 aromatic rings. The highest BCUT2D eigenvalue weighted by atomic mass is 35.5. The van der Waals surface area contributed by atoms with Crippen LogP contribution in [-0.4, -0.2) is 29.7 Å². The van der Waals surface area contributed by atoms with Crippen LogP contribution in [0, 0.1) is 0 Å². The molecule has 0 spiro atoms. The van der Waals surface area contributed by atoms with Crippen LogP contribution >= 0.6 is 23.4 Å². The molecule has 16 heavy (non-hydrogen) atoms. The molecule has 88 valence electrons. The maximum Gasteiger partial charge on any atom is 0.0762 e. The smallest absolute Gasteiger partial charge is 0.0762 e. The molecule has 4 heteroatoms. The molecule has 1 aliphatic rings. The fraction of sp³-hybridized carbons (Fsp3) is 0.500. The summed E-state index contributed by atoms with van der Waals surface area (Å²) in [7, 11) is 0. The minimum atomic E-state index is -0.455. The van der Waals surface area contributed by atoms with Gasteiger partial charge in [-0.25, -0.2) is 0 Å². The number of thioether (sulfide) groups is 1.